The molecule has 1 fully saturated rings. The maximum absolute atomic E-state index is 11.9. The summed E-state index contributed by atoms with van der Waals surface area (Å²) in [5, 5.41) is 0. The Bertz CT molecular complexity index is 444. The van der Waals surface area contributed by atoms with Gasteiger partial charge in [0.05, 0.1) is 24.1 Å². The van der Waals surface area contributed by atoms with Crippen LogP contribution in [-0.4, -0.2) is 31.2 Å². The highest BCUT2D eigenvalue weighted by Gasteiger charge is 2.25. The third-order valence-electron chi connectivity index (χ3n) is 3.04. The number of nitrogens with zero attached hydrogens (tertiary/aromatic N) is 2. The minimum atomic E-state index is -0.343. The molecule has 5 nitrogen and oxygen atoms in total. The molecule has 0 spiro atoms. The van der Waals surface area contributed by atoms with Crippen LogP contribution in [-0.2, 0) is 4.74 Å². The molecule has 98 valence electrons. The fourth-order valence-corrected chi connectivity index (χ4v) is 1.93. The molecule has 1 saturated carbocycles. The van der Waals surface area contributed by atoms with Crippen LogP contribution in [0.4, 0.5) is 11.5 Å². The van der Waals surface area contributed by atoms with Gasteiger partial charge >= 0.3 is 5.97 Å². The standard InChI is InChI=1S/C13H19N3O2/c1-3-18-13(17)10-6-12(14)15-7-11(10)16(2)8-9-4-5-9/h6-7,9H,3-5,8H2,1-2H3,(H2,14,15). The smallest absolute Gasteiger partial charge is 0.340 e. The van der Waals surface area contributed by atoms with Gasteiger partial charge in [0.2, 0.25) is 0 Å². The zero-order chi connectivity index (χ0) is 13.1. The van der Waals surface area contributed by atoms with Crippen molar-refractivity contribution in [1.29, 1.82) is 0 Å². The SMILES string of the molecule is CCOC(=O)c1cc(N)ncc1N(C)CC1CC1. The zero-order valence-corrected chi connectivity index (χ0v) is 10.8. The summed E-state index contributed by atoms with van der Waals surface area (Å²) in [5.41, 5.74) is 6.92. The number of hydrogen-bond acceptors (Lipinski definition) is 5. The zero-order valence-electron chi connectivity index (χ0n) is 10.8. The Morgan fingerprint density at radius 1 is 1.61 bits per heavy atom. The van der Waals surface area contributed by atoms with Crippen LogP contribution in [0.3, 0.4) is 0 Å². The molecule has 5 heteroatoms. The third kappa shape index (κ3) is 2.91. The van der Waals surface area contributed by atoms with E-state index in [1.54, 1.807) is 19.2 Å². The molecule has 0 saturated heterocycles. The van der Waals surface area contributed by atoms with Crippen molar-refractivity contribution < 1.29 is 9.53 Å². The summed E-state index contributed by atoms with van der Waals surface area (Å²) in [6, 6.07) is 1.58. The van der Waals surface area contributed by atoms with Crippen LogP contribution in [0.5, 0.6) is 0 Å². The highest BCUT2D eigenvalue weighted by molar-refractivity contribution is 5.96. The number of esters is 1. The largest absolute Gasteiger partial charge is 0.462 e. The van der Waals surface area contributed by atoms with Gasteiger partial charge in [0, 0.05) is 13.6 Å². The Hall–Kier alpha value is -1.78. The van der Waals surface area contributed by atoms with Gasteiger partial charge in [0.15, 0.2) is 0 Å². The second kappa shape index (κ2) is 5.25. The van der Waals surface area contributed by atoms with E-state index in [4.69, 9.17) is 10.5 Å². The number of hydrogen-bond donors (Lipinski definition) is 1. The molecule has 0 radical (unpaired) electrons. The van der Waals surface area contributed by atoms with E-state index in [1.165, 1.54) is 12.8 Å². The van der Waals surface area contributed by atoms with Gasteiger partial charge in [-0.1, -0.05) is 0 Å². The Morgan fingerprint density at radius 3 is 2.94 bits per heavy atom. The molecule has 1 aliphatic carbocycles. The first-order chi connectivity index (χ1) is 8.61. The fraction of sp³-hybridized carbons (Fsp3) is 0.538. The summed E-state index contributed by atoms with van der Waals surface area (Å²) < 4.78 is 5.05. The average molecular weight is 249 g/mol. The van der Waals surface area contributed by atoms with Gasteiger partial charge in [-0.3, -0.25) is 0 Å². The van der Waals surface area contributed by atoms with Gasteiger partial charge < -0.3 is 15.4 Å². The number of ether oxygens (including phenoxy) is 1. The van der Waals surface area contributed by atoms with Crippen molar-refractivity contribution in [2.45, 2.75) is 19.8 Å². The predicted octanol–water partition coefficient (Wildman–Crippen LogP) is 1.69. The fourth-order valence-electron chi connectivity index (χ4n) is 1.93. The van der Waals surface area contributed by atoms with Gasteiger partial charge in [-0.2, -0.15) is 0 Å². The average Bonchev–Trinajstić information content (AvgIpc) is 3.13. The number of carbonyl (C=O) groups excluding carboxylic acids is 1. The predicted molar refractivity (Wildman–Crippen MR) is 70.6 cm³/mol. The van der Waals surface area contributed by atoms with Crippen LogP contribution in [0.2, 0.25) is 0 Å². The topological polar surface area (TPSA) is 68.5 Å². The van der Waals surface area contributed by atoms with Gasteiger partial charge in [0.25, 0.3) is 0 Å². The van der Waals surface area contributed by atoms with Crippen LogP contribution < -0.4 is 10.6 Å². The maximum atomic E-state index is 11.9. The summed E-state index contributed by atoms with van der Waals surface area (Å²) in [6.07, 6.45) is 4.17. The van der Waals surface area contributed by atoms with Gasteiger partial charge in [-0.15, -0.1) is 0 Å². The molecular formula is C13H19N3O2. The van der Waals surface area contributed by atoms with Crippen molar-refractivity contribution in [3.63, 3.8) is 0 Å². The monoisotopic (exact) mass is 249 g/mol. The van der Waals surface area contributed by atoms with E-state index in [0.29, 0.717) is 18.0 Å². The Balaban J connectivity index is 2.23. The van der Waals surface area contributed by atoms with Crippen LogP contribution in [0.15, 0.2) is 12.3 Å². The van der Waals surface area contributed by atoms with Gasteiger partial charge in [-0.25, -0.2) is 9.78 Å². The van der Waals surface area contributed by atoms with E-state index in [2.05, 4.69) is 9.88 Å². The molecule has 0 unspecified atom stereocenters. The Kier molecular flexibility index (Phi) is 3.69. The number of anilines is 2. The van der Waals surface area contributed by atoms with Crippen LogP contribution in [0.1, 0.15) is 30.1 Å². The van der Waals surface area contributed by atoms with Crippen LogP contribution >= 0.6 is 0 Å². The molecule has 0 amide bonds. The molecular weight excluding hydrogens is 230 g/mol. The second-order valence-electron chi connectivity index (χ2n) is 4.67. The Morgan fingerprint density at radius 2 is 2.33 bits per heavy atom. The number of nitrogens with two attached hydrogens (primary N) is 1. The second-order valence-corrected chi connectivity index (χ2v) is 4.67. The van der Waals surface area contributed by atoms with Crippen molar-refractivity contribution in [3.8, 4) is 0 Å². The molecule has 2 N–H and O–H groups in total. The summed E-state index contributed by atoms with van der Waals surface area (Å²) in [6.45, 7) is 3.08. The van der Waals surface area contributed by atoms with Crippen molar-refractivity contribution in [3.05, 3.63) is 17.8 Å². The molecule has 1 aromatic rings. The first kappa shape index (κ1) is 12.7. The first-order valence-corrected chi connectivity index (χ1v) is 6.25. The number of aromatic nitrogens is 1. The highest BCUT2D eigenvalue weighted by atomic mass is 16.5. The van der Waals surface area contributed by atoms with Crippen molar-refractivity contribution in [2.75, 3.05) is 30.8 Å². The lowest BCUT2D eigenvalue weighted by atomic mass is 10.2. The quantitative estimate of drug-likeness (QED) is 0.804. The number of carbonyl (C=O) groups is 1. The molecule has 0 bridgehead atoms. The molecule has 1 aromatic heterocycles. The highest BCUT2D eigenvalue weighted by Crippen LogP contribution is 2.32. The lowest BCUT2D eigenvalue weighted by Gasteiger charge is -2.21. The number of rotatable bonds is 5. The van der Waals surface area contributed by atoms with Crippen molar-refractivity contribution in [1.82, 2.24) is 4.98 Å². The van der Waals surface area contributed by atoms with E-state index in [9.17, 15) is 4.79 Å². The minimum absolute atomic E-state index is 0.335. The summed E-state index contributed by atoms with van der Waals surface area (Å²) in [4.78, 5) is 18.0. The van der Waals surface area contributed by atoms with Crippen LogP contribution in [0, 0.1) is 5.92 Å². The van der Waals surface area contributed by atoms with Crippen molar-refractivity contribution in [2.24, 2.45) is 5.92 Å². The lowest BCUT2D eigenvalue weighted by Crippen LogP contribution is -2.23. The van der Waals surface area contributed by atoms with E-state index in [1.807, 2.05) is 7.05 Å². The van der Waals surface area contributed by atoms with E-state index in [0.717, 1.165) is 18.2 Å². The third-order valence-corrected chi connectivity index (χ3v) is 3.04. The Labute approximate surface area is 107 Å². The lowest BCUT2D eigenvalue weighted by molar-refractivity contribution is 0.0527. The van der Waals surface area contributed by atoms with Crippen LogP contribution in [0.25, 0.3) is 0 Å². The van der Waals surface area contributed by atoms with Gasteiger partial charge in [0.1, 0.15) is 5.82 Å². The summed E-state index contributed by atoms with van der Waals surface area (Å²) >= 11 is 0. The van der Waals surface area contributed by atoms with Gasteiger partial charge in [-0.05, 0) is 31.7 Å². The number of nitrogen functional groups attached to an aromatic ring is 1. The molecule has 18 heavy (non-hydrogen) atoms. The molecule has 1 aliphatic rings. The summed E-state index contributed by atoms with van der Waals surface area (Å²) in [5.74, 6) is 0.730. The maximum Gasteiger partial charge on any atom is 0.340 e. The summed E-state index contributed by atoms with van der Waals surface area (Å²) in [7, 11) is 1.97. The first-order valence-electron chi connectivity index (χ1n) is 6.25. The normalized spacial score (nSPS) is 14.3. The minimum Gasteiger partial charge on any atom is -0.462 e. The molecule has 0 atom stereocenters. The number of pyridine rings is 1. The molecule has 2 rings (SSSR count). The molecule has 0 aromatic carbocycles. The van der Waals surface area contributed by atoms with E-state index in [-0.39, 0.29) is 5.97 Å². The molecule has 1 heterocycles. The van der Waals surface area contributed by atoms with E-state index < -0.39 is 0 Å². The van der Waals surface area contributed by atoms with Crippen molar-refractivity contribution >= 4 is 17.5 Å². The van der Waals surface area contributed by atoms with E-state index >= 15 is 0 Å². The molecule has 0 aliphatic heterocycles.